The van der Waals surface area contributed by atoms with Gasteiger partial charge in [-0.15, -0.1) is 0 Å². The van der Waals surface area contributed by atoms with Crippen LogP contribution in [0.5, 0.6) is 0 Å². The van der Waals surface area contributed by atoms with Crippen molar-refractivity contribution in [3.8, 4) is 0 Å². The predicted octanol–water partition coefficient (Wildman–Crippen LogP) is 1.57. The molecule has 5 nitrogen and oxygen atoms in total. The lowest BCUT2D eigenvalue weighted by Gasteiger charge is -2.20. The molecule has 0 saturated carbocycles. The van der Waals surface area contributed by atoms with Gasteiger partial charge in [-0.1, -0.05) is 6.07 Å². The van der Waals surface area contributed by atoms with E-state index in [0.29, 0.717) is 12.2 Å². The highest BCUT2D eigenvalue weighted by atomic mass is 19.1. The fraction of sp³-hybridized carbons (Fsp3) is 0.154. The molecule has 2 heterocycles. The molecule has 0 atom stereocenters. The highest BCUT2D eigenvalue weighted by molar-refractivity contribution is 5.95. The average Bonchev–Trinajstić information content (AvgIpc) is 2.57. The van der Waals surface area contributed by atoms with E-state index in [-0.39, 0.29) is 18.3 Å². The lowest BCUT2D eigenvalue weighted by atomic mass is 10.1. The third-order valence-electron chi connectivity index (χ3n) is 2.98. The first-order valence-electron chi connectivity index (χ1n) is 5.82. The van der Waals surface area contributed by atoms with Crippen molar-refractivity contribution >= 4 is 17.3 Å². The molecule has 3 rings (SSSR count). The zero-order valence-corrected chi connectivity index (χ0v) is 10.0. The highest BCUT2D eigenvalue weighted by Crippen LogP contribution is 2.24. The first-order valence-corrected chi connectivity index (χ1v) is 5.82. The number of benzene rings is 1. The highest BCUT2D eigenvalue weighted by Gasteiger charge is 2.20. The molecule has 0 fully saturated rings. The van der Waals surface area contributed by atoms with Gasteiger partial charge >= 0.3 is 0 Å². The van der Waals surface area contributed by atoms with Crippen molar-refractivity contribution in [2.24, 2.45) is 0 Å². The van der Waals surface area contributed by atoms with Gasteiger partial charge in [0.2, 0.25) is 5.91 Å². The number of fused-ring (bicyclic) bond motifs is 1. The van der Waals surface area contributed by atoms with Gasteiger partial charge in [-0.3, -0.25) is 4.79 Å². The fourth-order valence-electron chi connectivity index (χ4n) is 2.08. The number of amides is 1. The van der Waals surface area contributed by atoms with Crippen molar-refractivity contribution in [2.45, 2.75) is 6.54 Å². The van der Waals surface area contributed by atoms with E-state index in [0.717, 1.165) is 11.3 Å². The van der Waals surface area contributed by atoms with Crippen LogP contribution >= 0.6 is 0 Å². The van der Waals surface area contributed by atoms with Crippen molar-refractivity contribution in [1.29, 1.82) is 0 Å². The zero-order chi connectivity index (χ0) is 13.2. The lowest BCUT2D eigenvalue weighted by Crippen LogP contribution is -2.29. The number of rotatable bonds is 1. The number of aromatic nitrogens is 2. The first kappa shape index (κ1) is 11.6. The monoisotopic (exact) mass is 258 g/mol. The Kier molecular flexibility index (Phi) is 2.83. The van der Waals surface area contributed by atoms with Gasteiger partial charge in [0.05, 0.1) is 24.6 Å². The number of nitrogens with one attached hydrogen (secondary N) is 1. The second kappa shape index (κ2) is 4.64. The van der Waals surface area contributed by atoms with Crippen LogP contribution in [-0.2, 0) is 11.3 Å². The summed E-state index contributed by atoms with van der Waals surface area (Å²) in [5.41, 5.74) is 2.20. The van der Waals surface area contributed by atoms with Crippen molar-refractivity contribution in [3.63, 3.8) is 0 Å². The van der Waals surface area contributed by atoms with Crippen molar-refractivity contribution in [1.82, 2.24) is 10.2 Å². The number of carbonyl (C=O) groups excluding carboxylic acids is 1. The van der Waals surface area contributed by atoms with E-state index in [1.807, 2.05) is 4.90 Å². The van der Waals surface area contributed by atoms with Gasteiger partial charge in [0, 0.05) is 12.2 Å². The molecule has 0 saturated heterocycles. The smallest absolute Gasteiger partial charge is 0.243 e. The molecule has 6 heteroatoms. The van der Waals surface area contributed by atoms with Crippen LogP contribution in [0.2, 0.25) is 0 Å². The van der Waals surface area contributed by atoms with Gasteiger partial charge < -0.3 is 10.2 Å². The van der Waals surface area contributed by atoms with Gasteiger partial charge in [0.25, 0.3) is 0 Å². The molecule has 19 heavy (non-hydrogen) atoms. The van der Waals surface area contributed by atoms with Crippen LogP contribution in [0.3, 0.4) is 0 Å². The Labute approximate surface area is 109 Å². The van der Waals surface area contributed by atoms with Crippen LogP contribution < -0.4 is 10.2 Å². The molecule has 0 spiro atoms. The first-order chi connectivity index (χ1) is 9.22. The quantitative estimate of drug-likeness (QED) is 0.843. The maximum absolute atomic E-state index is 13.2. The summed E-state index contributed by atoms with van der Waals surface area (Å²) in [7, 11) is 0. The maximum Gasteiger partial charge on any atom is 0.243 e. The number of carbonyl (C=O) groups is 1. The van der Waals surface area contributed by atoms with Crippen LogP contribution in [0.15, 0.2) is 36.7 Å². The summed E-state index contributed by atoms with van der Waals surface area (Å²) in [6.07, 6.45) is 3.17. The molecule has 0 aliphatic carbocycles. The summed E-state index contributed by atoms with van der Waals surface area (Å²) < 4.78 is 13.2. The van der Waals surface area contributed by atoms with Gasteiger partial charge in [0.1, 0.15) is 5.82 Å². The van der Waals surface area contributed by atoms with E-state index in [1.165, 1.54) is 12.1 Å². The molecule has 0 radical (unpaired) electrons. The van der Waals surface area contributed by atoms with E-state index >= 15 is 0 Å². The summed E-state index contributed by atoms with van der Waals surface area (Å²) in [6.45, 7) is 0.710. The van der Waals surface area contributed by atoms with Crippen molar-refractivity contribution in [3.05, 3.63) is 48.0 Å². The van der Waals surface area contributed by atoms with Gasteiger partial charge in [-0.25, -0.2) is 4.39 Å². The van der Waals surface area contributed by atoms with Crippen LogP contribution in [0.1, 0.15) is 5.56 Å². The molecular formula is C13H11FN4O. The molecule has 0 bridgehead atoms. The molecule has 96 valence electrons. The number of halogens is 1. The van der Waals surface area contributed by atoms with Crippen LogP contribution in [0.4, 0.5) is 15.8 Å². The minimum Gasteiger partial charge on any atom is -0.356 e. The second-order valence-electron chi connectivity index (χ2n) is 4.31. The Hall–Kier alpha value is -2.50. The van der Waals surface area contributed by atoms with Crippen molar-refractivity contribution < 1.29 is 9.18 Å². The van der Waals surface area contributed by atoms with Gasteiger partial charge in [-0.2, -0.15) is 10.2 Å². The second-order valence-corrected chi connectivity index (χ2v) is 4.31. The lowest BCUT2D eigenvalue weighted by molar-refractivity contribution is -0.114. The van der Waals surface area contributed by atoms with Crippen LogP contribution in [-0.4, -0.2) is 22.6 Å². The van der Waals surface area contributed by atoms with Crippen molar-refractivity contribution in [2.75, 3.05) is 16.8 Å². The van der Waals surface area contributed by atoms with Crippen LogP contribution in [0, 0.1) is 5.82 Å². The largest absolute Gasteiger partial charge is 0.356 e. The Balaban J connectivity index is 1.98. The average molecular weight is 258 g/mol. The summed E-state index contributed by atoms with van der Waals surface area (Å²) >= 11 is 0. The number of hydrogen-bond acceptors (Lipinski definition) is 4. The zero-order valence-electron chi connectivity index (χ0n) is 10.0. The molecule has 0 unspecified atom stereocenters. The third-order valence-corrected chi connectivity index (χ3v) is 2.98. The van der Waals surface area contributed by atoms with Gasteiger partial charge in [0.15, 0.2) is 0 Å². The Bertz CT molecular complexity index is 617. The number of anilines is 2. The van der Waals surface area contributed by atoms with E-state index in [1.54, 1.807) is 24.5 Å². The summed E-state index contributed by atoms with van der Waals surface area (Å²) in [5.74, 6) is -0.542. The maximum atomic E-state index is 13.2. The number of hydrogen-bond donors (Lipinski definition) is 1. The minimum atomic E-state index is -0.363. The van der Waals surface area contributed by atoms with Gasteiger partial charge in [-0.05, 0) is 23.8 Å². The van der Waals surface area contributed by atoms with E-state index < -0.39 is 0 Å². The fourth-order valence-corrected chi connectivity index (χ4v) is 2.08. The summed E-state index contributed by atoms with van der Waals surface area (Å²) in [5, 5.41) is 10.2. The molecule has 1 amide bonds. The van der Waals surface area contributed by atoms with Crippen LogP contribution in [0.25, 0.3) is 0 Å². The normalized spacial score (nSPS) is 14.6. The molecule has 1 N–H and O–H groups in total. The predicted molar refractivity (Wildman–Crippen MR) is 68.1 cm³/mol. The number of nitrogens with zero attached hydrogens (tertiary/aromatic N) is 3. The molecule has 1 aliphatic rings. The van der Waals surface area contributed by atoms with E-state index in [2.05, 4.69) is 15.5 Å². The standard InChI is InChI=1S/C13H11FN4O/c14-10-2-1-9-7-18(11-3-4-15-16-6-11)8-13(19)17-12(9)5-10/h1-6H,7-8H2,(H,17,19). The van der Waals surface area contributed by atoms with E-state index in [4.69, 9.17) is 0 Å². The SMILES string of the molecule is O=C1CN(c2ccnnc2)Cc2ccc(F)cc2N1. The third kappa shape index (κ3) is 2.37. The molecular weight excluding hydrogens is 247 g/mol. The molecule has 1 aliphatic heterocycles. The topological polar surface area (TPSA) is 58.1 Å². The van der Waals surface area contributed by atoms with E-state index in [9.17, 15) is 9.18 Å². The summed E-state index contributed by atoms with van der Waals surface area (Å²) in [4.78, 5) is 13.7. The Morgan fingerprint density at radius 3 is 2.89 bits per heavy atom. The Morgan fingerprint density at radius 2 is 2.11 bits per heavy atom. The summed E-state index contributed by atoms with van der Waals surface area (Å²) in [6, 6.07) is 6.19. The molecule has 1 aromatic carbocycles. The molecule has 2 aromatic rings. The minimum absolute atomic E-state index is 0.179. The Morgan fingerprint density at radius 1 is 1.21 bits per heavy atom. The molecule has 1 aromatic heterocycles.